The summed E-state index contributed by atoms with van der Waals surface area (Å²) in [6.45, 7) is 5.69. The Morgan fingerprint density at radius 3 is 2.72 bits per heavy atom. The quantitative estimate of drug-likeness (QED) is 0.453. The van der Waals surface area contributed by atoms with Gasteiger partial charge in [0.05, 0.1) is 29.5 Å². The van der Waals surface area contributed by atoms with E-state index in [1.807, 2.05) is 32.9 Å². The molecule has 0 spiro atoms. The van der Waals surface area contributed by atoms with Gasteiger partial charge in [-0.25, -0.2) is 4.98 Å². The molecule has 3 rings (SSSR count). The molecule has 1 amide bonds. The molecule has 0 saturated carbocycles. The van der Waals surface area contributed by atoms with Crippen LogP contribution in [0.4, 0.5) is 5.69 Å². The number of thioether (sulfide) groups is 1. The van der Waals surface area contributed by atoms with Crippen LogP contribution < -0.4 is 15.6 Å². The largest absolute Gasteiger partial charge is 0.495 e. The highest BCUT2D eigenvalue weighted by Gasteiger charge is 2.16. The number of nitrogens with zero attached hydrogens (tertiary/aromatic N) is 2. The lowest BCUT2D eigenvalue weighted by molar-refractivity contribution is -0.113. The predicted molar refractivity (Wildman–Crippen MR) is 118 cm³/mol. The zero-order valence-electron chi connectivity index (χ0n) is 16.7. The van der Waals surface area contributed by atoms with Crippen LogP contribution in [-0.4, -0.2) is 28.3 Å². The van der Waals surface area contributed by atoms with Crippen LogP contribution in [0.3, 0.4) is 0 Å². The third kappa shape index (κ3) is 4.57. The Bertz CT molecular complexity index is 1130. The Morgan fingerprint density at radius 1 is 1.31 bits per heavy atom. The Morgan fingerprint density at radius 2 is 2.03 bits per heavy atom. The standard InChI is InChI=1S/C21H22ClN3O3S/c1-12(2)25-20(27)14-7-5-6-8-16(14)24-21(25)29-11-19(26)23-17-9-13(3)15(22)10-18(17)28-4/h5-10,12H,11H2,1-4H3,(H,23,26). The number of nitrogens with one attached hydrogen (secondary N) is 1. The van der Waals surface area contributed by atoms with Gasteiger partial charge in [0, 0.05) is 17.1 Å². The van der Waals surface area contributed by atoms with Crippen molar-refractivity contribution in [1.82, 2.24) is 9.55 Å². The molecule has 1 heterocycles. The number of aryl methyl sites for hydroxylation is 1. The van der Waals surface area contributed by atoms with Gasteiger partial charge < -0.3 is 10.1 Å². The molecule has 0 atom stereocenters. The molecular weight excluding hydrogens is 410 g/mol. The molecule has 6 nitrogen and oxygen atoms in total. The van der Waals surface area contributed by atoms with Crippen molar-refractivity contribution in [3.05, 3.63) is 57.3 Å². The molecule has 0 radical (unpaired) electrons. The number of hydrogen-bond donors (Lipinski definition) is 1. The van der Waals surface area contributed by atoms with Crippen molar-refractivity contribution in [2.75, 3.05) is 18.2 Å². The summed E-state index contributed by atoms with van der Waals surface area (Å²) < 4.78 is 6.91. The molecule has 0 aliphatic carbocycles. The average Bonchev–Trinajstić information content (AvgIpc) is 2.68. The number of ether oxygens (including phenoxy) is 1. The van der Waals surface area contributed by atoms with E-state index in [0.29, 0.717) is 32.5 Å². The van der Waals surface area contributed by atoms with Crippen LogP contribution in [-0.2, 0) is 4.79 Å². The lowest BCUT2D eigenvalue weighted by Crippen LogP contribution is -2.25. The maximum absolute atomic E-state index is 12.9. The van der Waals surface area contributed by atoms with Crippen LogP contribution in [0.5, 0.6) is 5.75 Å². The molecule has 8 heteroatoms. The number of para-hydroxylation sites is 1. The van der Waals surface area contributed by atoms with E-state index >= 15 is 0 Å². The summed E-state index contributed by atoms with van der Waals surface area (Å²) in [5.74, 6) is 0.358. The van der Waals surface area contributed by atoms with Crippen molar-refractivity contribution in [3.8, 4) is 5.75 Å². The molecule has 3 aromatic rings. The third-order valence-electron chi connectivity index (χ3n) is 4.38. The van der Waals surface area contributed by atoms with E-state index in [2.05, 4.69) is 10.3 Å². The fourth-order valence-electron chi connectivity index (χ4n) is 2.93. The van der Waals surface area contributed by atoms with Gasteiger partial charge in [-0.15, -0.1) is 0 Å². The smallest absolute Gasteiger partial charge is 0.262 e. The van der Waals surface area contributed by atoms with Crippen molar-refractivity contribution in [1.29, 1.82) is 0 Å². The highest BCUT2D eigenvalue weighted by Crippen LogP contribution is 2.31. The Kier molecular flexibility index (Phi) is 6.49. The minimum Gasteiger partial charge on any atom is -0.495 e. The number of carbonyl (C=O) groups is 1. The first kappa shape index (κ1) is 21.2. The molecule has 0 unspecified atom stereocenters. The number of halogens is 1. The van der Waals surface area contributed by atoms with Crippen molar-refractivity contribution < 1.29 is 9.53 Å². The van der Waals surface area contributed by atoms with Gasteiger partial charge >= 0.3 is 0 Å². The summed E-state index contributed by atoms with van der Waals surface area (Å²) >= 11 is 7.34. The molecule has 2 aromatic carbocycles. The Labute approximate surface area is 178 Å². The number of aromatic nitrogens is 2. The monoisotopic (exact) mass is 431 g/mol. The summed E-state index contributed by atoms with van der Waals surface area (Å²) in [6, 6.07) is 10.6. The number of hydrogen-bond acceptors (Lipinski definition) is 5. The maximum atomic E-state index is 12.9. The topological polar surface area (TPSA) is 73.2 Å². The second-order valence-corrected chi connectivity index (χ2v) is 8.17. The average molecular weight is 432 g/mol. The summed E-state index contributed by atoms with van der Waals surface area (Å²) in [7, 11) is 1.52. The second-order valence-electron chi connectivity index (χ2n) is 6.82. The van der Waals surface area contributed by atoms with Gasteiger partial charge in [0.2, 0.25) is 5.91 Å². The molecule has 0 aliphatic rings. The van der Waals surface area contributed by atoms with E-state index in [4.69, 9.17) is 16.3 Å². The van der Waals surface area contributed by atoms with Gasteiger partial charge in [-0.3, -0.25) is 14.2 Å². The predicted octanol–water partition coefficient (Wildman–Crippen LogP) is 4.68. The van der Waals surface area contributed by atoms with Gasteiger partial charge in [0.1, 0.15) is 5.75 Å². The normalized spacial score (nSPS) is 11.1. The SMILES string of the molecule is COc1cc(Cl)c(C)cc1NC(=O)CSc1nc2ccccc2c(=O)n1C(C)C. The zero-order valence-corrected chi connectivity index (χ0v) is 18.2. The minimum atomic E-state index is -0.229. The van der Waals surface area contributed by atoms with Crippen molar-refractivity contribution in [3.63, 3.8) is 0 Å². The summed E-state index contributed by atoms with van der Waals surface area (Å²) in [4.78, 5) is 30.0. The molecular formula is C21H22ClN3O3S. The highest BCUT2D eigenvalue weighted by atomic mass is 35.5. The maximum Gasteiger partial charge on any atom is 0.262 e. The molecule has 29 heavy (non-hydrogen) atoms. The van der Waals surface area contributed by atoms with Crippen LogP contribution in [0, 0.1) is 6.92 Å². The number of benzene rings is 2. The van der Waals surface area contributed by atoms with Gasteiger partial charge in [-0.2, -0.15) is 0 Å². The van der Waals surface area contributed by atoms with Gasteiger partial charge in [0.15, 0.2) is 5.16 Å². The fraction of sp³-hybridized carbons (Fsp3) is 0.286. The van der Waals surface area contributed by atoms with Crippen LogP contribution >= 0.6 is 23.4 Å². The van der Waals surface area contributed by atoms with Crippen molar-refractivity contribution in [2.45, 2.75) is 32.0 Å². The van der Waals surface area contributed by atoms with E-state index in [9.17, 15) is 9.59 Å². The third-order valence-corrected chi connectivity index (χ3v) is 5.74. The van der Waals surface area contributed by atoms with E-state index in [1.165, 1.54) is 18.9 Å². The lowest BCUT2D eigenvalue weighted by Gasteiger charge is -2.16. The first-order valence-electron chi connectivity index (χ1n) is 9.10. The molecule has 0 fully saturated rings. The molecule has 1 aromatic heterocycles. The van der Waals surface area contributed by atoms with E-state index < -0.39 is 0 Å². The first-order chi connectivity index (χ1) is 13.8. The Balaban J connectivity index is 1.84. The number of amides is 1. The van der Waals surface area contributed by atoms with E-state index in [1.54, 1.807) is 28.8 Å². The second kappa shape index (κ2) is 8.88. The number of rotatable bonds is 6. The number of methoxy groups -OCH3 is 1. The summed E-state index contributed by atoms with van der Waals surface area (Å²) in [5, 5.41) is 4.49. The van der Waals surface area contributed by atoms with Gasteiger partial charge in [-0.05, 0) is 44.5 Å². The lowest BCUT2D eigenvalue weighted by atomic mass is 10.2. The van der Waals surface area contributed by atoms with E-state index in [0.717, 1.165) is 5.56 Å². The minimum absolute atomic E-state index is 0.0795. The molecule has 0 aliphatic heterocycles. The Hall–Kier alpha value is -2.51. The molecule has 1 N–H and O–H groups in total. The number of anilines is 1. The van der Waals surface area contributed by atoms with Crippen molar-refractivity contribution >= 4 is 45.9 Å². The molecule has 0 bridgehead atoms. The van der Waals surface area contributed by atoms with Crippen LogP contribution in [0.15, 0.2) is 46.3 Å². The van der Waals surface area contributed by atoms with Gasteiger partial charge in [-0.1, -0.05) is 35.5 Å². The number of fused-ring (bicyclic) bond motifs is 1. The summed E-state index contributed by atoms with van der Waals surface area (Å²) in [5.41, 5.74) is 1.89. The zero-order chi connectivity index (χ0) is 21.1. The van der Waals surface area contributed by atoms with Crippen molar-refractivity contribution in [2.24, 2.45) is 0 Å². The van der Waals surface area contributed by atoms with Crippen LogP contribution in [0.2, 0.25) is 5.02 Å². The van der Waals surface area contributed by atoms with Crippen LogP contribution in [0.1, 0.15) is 25.5 Å². The van der Waals surface area contributed by atoms with Crippen LogP contribution in [0.25, 0.3) is 10.9 Å². The summed E-state index contributed by atoms with van der Waals surface area (Å²) in [6.07, 6.45) is 0. The highest BCUT2D eigenvalue weighted by molar-refractivity contribution is 7.99. The molecule has 152 valence electrons. The molecule has 0 saturated heterocycles. The number of carbonyl (C=O) groups excluding carboxylic acids is 1. The van der Waals surface area contributed by atoms with Gasteiger partial charge in [0.25, 0.3) is 5.56 Å². The first-order valence-corrected chi connectivity index (χ1v) is 10.5. The van der Waals surface area contributed by atoms with E-state index in [-0.39, 0.29) is 23.3 Å². The fourth-order valence-corrected chi connectivity index (χ4v) is 4.01.